The quantitative estimate of drug-likeness (QED) is 0.178. The Balaban J connectivity index is 1.13. The topological polar surface area (TPSA) is 133 Å². The van der Waals surface area contributed by atoms with Crippen LogP contribution in [0.3, 0.4) is 0 Å². The highest BCUT2D eigenvalue weighted by molar-refractivity contribution is 6.01. The van der Waals surface area contributed by atoms with Gasteiger partial charge in [-0.1, -0.05) is 74.4 Å². The number of carbonyl (C=O) groups is 3. The zero-order valence-corrected chi connectivity index (χ0v) is 28.2. The molecule has 0 heterocycles. The van der Waals surface area contributed by atoms with Gasteiger partial charge in [0.25, 0.3) is 0 Å². The monoisotopic (exact) mass is 663 g/mol. The van der Waals surface area contributed by atoms with Gasteiger partial charge in [0.1, 0.15) is 5.60 Å². The number of nitrogens with one attached hydrogen (secondary N) is 1. The van der Waals surface area contributed by atoms with E-state index in [1.165, 1.54) is 12.2 Å². The fraction of sp³-hybridized carbons (Fsp3) is 0.564. The van der Waals surface area contributed by atoms with Crippen LogP contribution in [0.15, 0.2) is 78.4 Å². The lowest BCUT2D eigenvalue weighted by Crippen LogP contribution is -2.69. The summed E-state index contributed by atoms with van der Waals surface area (Å²) in [5, 5.41) is 37.2. The van der Waals surface area contributed by atoms with Crippen molar-refractivity contribution in [2.45, 2.75) is 95.6 Å². The minimum absolute atomic E-state index is 0.0649. The number of fused-ring (bicyclic) bond motifs is 5. The predicted molar refractivity (Wildman–Crippen MR) is 181 cm³/mol. The number of aliphatic hydroxyl groups excluding tert-OH is 2. The summed E-state index contributed by atoms with van der Waals surface area (Å²) >= 11 is 0. The molecule has 1 aromatic rings. The summed E-state index contributed by atoms with van der Waals surface area (Å²) in [5.41, 5.74) is -4.72. The van der Waals surface area contributed by atoms with Crippen LogP contribution in [0.25, 0.3) is 0 Å². The second kappa shape index (κ2) is 14.2. The first-order valence-electron chi connectivity index (χ1n) is 17.3. The summed E-state index contributed by atoms with van der Waals surface area (Å²) in [4.78, 5) is 38.4. The van der Waals surface area contributed by atoms with E-state index >= 15 is 4.39 Å². The fourth-order valence-electron chi connectivity index (χ4n) is 9.27. The first kappa shape index (κ1) is 35.9. The molecule has 3 fully saturated rings. The van der Waals surface area contributed by atoms with Crippen molar-refractivity contribution in [2.24, 2.45) is 28.6 Å². The van der Waals surface area contributed by atoms with Crippen LogP contribution in [0.2, 0.25) is 0 Å². The van der Waals surface area contributed by atoms with Crippen molar-refractivity contribution in [3.8, 4) is 0 Å². The van der Waals surface area contributed by atoms with E-state index in [9.17, 15) is 29.7 Å². The third kappa shape index (κ3) is 6.37. The van der Waals surface area contributed by atoms with Crippen molar-refractivity contribution in [3.63, 3.8) is 0 Å². The highest BCUT2D eigenvalue weighted by Crippen LogP contribution is 2.70. The molecule has 9 atom stereocenters. The second-order valence-electron chi connectivity index (χ2n) is 14.7. The number of Topliss-reactive ketones (excluding diaryl/α,β-unsaturated/α-hetero) is 1. The molecule has 0 radical (unpaired) electrons. The number of anilines is 1. The number of alkyl halides is 1. The normalized spacial score (nSPS) is 35.6. The van der Waals surface area contributed by atoms with Crippen molar-refractivity contribution >= 4 is 23.2 Å². The number of unbranched alkanes of at least 4 members (excludes halogenated alkanes) is 1. The molecule has 0 spiro atoms. The van der Waals surface area contributed by atoms with Crippen LogP contribution in [0.4, 0.5) is 10.1 Å². The SMILES string of the molecule is C[C@@H]1C[C@H]2[C@@H]3CCC4=CC(=O)C=C[C@]4(C)[C@@]3(F)[C@@H](O)C[C@]2(C)[C@@]1(O)C(=O)COC(=O)CCCCC(O)CNc1ccccccccc1. The average molecular weight is 664 g/mol. The van der Waals surface area contributed by atoms with Gasteiger partial charge in [-0.15, -0.1) is 0 Å². The maximum Gasteiger partial charge on any atom is 0.306 e. The van der Waals surface area contributed by atoms with Gasteiger partial charge in [-0.2, -0.15) is 0 Å². The lowest BCUT2D eigenvalue weighted by atomic mass is 9.44. The number of hydrogen-bond donors (Lipinski definition) is 4. The number of aliphatic hydroxyl groups is 3. The van der Waals surface area contributed by atoms with Gasteiger partial charge in [0.2, 0.25) is 5.78 Å². The maximum atomic E-state index is 17.4. The Labute approximate surface area is 282 Å². The van der Waals surface area contributed by atoms with Gasteiger partial charge in [-0.25, -0.2) is 4.39 Å². The molecule has 8 nitrogen and oxygen atoms in total. The number of esters is 1. The molecule has 4 aliphatic carbocycles. The Morgan fingerprint density at radius 1 is 1.06 bits per heavy atom. The van der Waals surface area contributed by atoms with Crippen LogP contribution in [0, 0.1) is 28.6 Å². The summed E-state index contributed by atoms with van der Waals surface area (Å²) in [7, 11) is 0. The van der Waals surface area contributed by atoms with Crippen molar-refractivity contribution < 1.29 is 38.8 Å². The average Bonchev–Trinajstić information content (AvgIpc) is 3.26. The highest BCUT2D eigenvalue weighted by Gasteiger charge is 2.75. The smallest absolute Gasteiger partial charge is 0.306 e. The van der Waals surface area contributed by atoms with Gasteiger partial charge < -0.3 is 25.4 Å². The van der Waals surface area contributed by atoms with Gasteiger partial charge in [0.15, 0.2) is 18.1 Å². The summed E-state index contributed by atoms with van der Waals surface area (Å²) in [6.45, 7) is 5.01. The number of rotatable bonds is 11. The lowest BCUT2D eigenvalue weighted by molar-refractivity contribution is -0.220. The molecule has 1 unspecified atom stereocenters. The van der Waals surface area contributed by atoms with Crippen LogP contribution >= 0.6 is 0 Å². The van der Waals surface area contributed by atoms with Crippen LogP contribution in [-0.2, 0) is 19.1 Å². The number of halogens is 1. The molecule has 0 amide bonds. The Bertz CT molecular complexity index is 1490. The van der Waals surface area contributed by atoms with Crippen molar-refractivity contribution in [1.82, 2.24) is 0 Å². The van der Waals surface area contributed by atoms with E-state index in [-0.39, 0.29) is 18.6 Å². The predicted octanol–water partition coefficient (Wildman–Crippen LogP) is 5.60. The number of ketones is 2. The Kier molecular flexibility index (Phi) is 10.6. The Hall–Kier alpha value is -3.40. The molecule has 260 valence electrons. The van der Waals surface area contributed by atoms with E-state index in [1.807, 2.05) is 54.6 Å². The number of ether oxygens (including phenoxy) is 1. The summed E-state index contributed by atoms with van der Waals surface area (Å²) in [5.74, 6) is -2.95. The molecule has 48 heavy (non-hydrogen) atoms. The first-order valence-corrected chi connectivity index (χ1v) is 17.3. The Morgan fingerprint density at radius 2 is 1.73 bits per heavy atom. The van der Waals surface area contributed by atoms with Gasteiger partial charge in [0, 0.05) is 35.4 Å². The van der Waals surface area contributed by atoms with Crippen molar-refractivity contribution in [1.29, 1.82) is 0 Å². The number of carbonyl (C=O) groups excluding carboxylic acids is 3. The van der Waals surface area contributed by atoms with Gasteiger partial charge in [0.05, 0.1) is 12.2 Å². The minimum Gasteiger partial charge on any atom is -0.458 e. The molecule has 0 aromatic heterocycles. The van der Waals surface area contributed by atoms with E-state index in [0.717, 1.165) is 5.69 Å². The van der Waals surface area contributed by atoms with Crippen molar-refractivity contribution in [2.75, 3.05) is 18.5 Å². The molecular formula is C39H50FNO7. The zero-order chi connectivity index (χ0) is 34.7. The molecule has 4 aliphatic rings. The van der Waals surface area contributed by atoms with Crippen LogP contribution in [0.1, 0.15) is 72.1 Å². The van der Waals surface area contributed by atoms with E-state index in [2.05, 4.69) is 5.32 Å². The standard InChI is InChI=1S/C39H50FNO7/c1-26-21-32-31-18-17-27-22-29(42)19-20-36(27,2)38(31,40)33(44)23-37(32,3)39(26,47)34(45)25-48-35(46)16-12-11-15-30(43)24-41-28-13-9-7-5-4-6-8-10-14-28/h4-10,13-14,19-20,22,26,30-33,41,43-44,47H,11-12,15-18,21,23-25H2,1-3H3/t26-,30?,31+,32+,33+,36+,37+,38+,39+/m1/s1. The van der Waals surface area contributed by atoms with Gasteiger partial charge >= 0.3 is 5.97 Å². The van der Waals surface area contributed by atoms with E-state index in [4.69, 9.17) is 4.74 Å². The molecule has 1 aromatic carbocycles. The van der Waals surface area contributed by atoms with Crippen LogP contribution in [0.5, 0.6) is 0 Å². The number of hydrogen-bond acceptors (Lipinski definition) is 8. The third-order valence-corrected chi connectivity index (χ3v) is 11.9. The van der Waals surface area contributed by atoms with E-state index in [1.54, 1.807) is 26.8 Å². The summed E-state index contributed by atoms with van der Waals surface area (Å²) in [6.07, 6.45) is 5.09. The van der Waals surface area contributed by atoms with Crippen molar-refractivity contribution in [3.05, 3.63) is 78.4 Å². The number of allylic oxidation sites excluding steroid dienone is 4. The minimum atomic E-state index is -2.06. The molecule has 4 N–H and O–H groups in total. The van der Waals surface area contributed by atoms with Crippen LogP contribution < -0.4 is 5.32 Å². The Morgan fingerprint density at radius 3 is 2.42 bits per heavy atom. The van der Waals surface area contributed by atoms with Gasteiger partial charge in [-0.05, 0) is 81.6 Å². The largest absolute Gasteiger partial charge is 0.458 e. The molecule has 0 bridgehead atoms. The lowest BCUT2D eigenvalue weighted by Gasteiger charge is -2.62. The summed E-state index contributed by atoms with van der Waals surface area (Å²) in [6, 6.07) is 17.3. The molecule has 0 aliphatic heterocycles. The molecule has 5 rings (SSSR count). The fourth-order valence-corrected chi connectivity index (χ4v) is 9.27. The first-order chi connectivity index (χ1) is 22.8. The second-order valence-corrected chi connectivity index (χ2v) is 14.7. The molecule has 3 saturated carbocycles. The molecule has 0 saturated heterocycles. The maximum absolute atomic E-state index is 17.4. The van der Waals surface area contributed by atoms with Crippen LogP contribution in [-0.4, -0.2) is 69.5 Å². The zero-order valence-electron chi connectivity index (χ0n) is 28.2. The van der Waals surface area contributed by atoms with E-state index in [0.29, 0.717) is 50.6 Å². The molecule has 9 heteroatoms. The van der Waals surface area contributed by atoms with E-state index < -0.39 is 70.4 Å². The molecular weight excluding hydrogens is 613 g/mol. The highest BCUT2D eigenvalue weighted by atomic mass is 19.1. The summed E-state index contributed by atoms with van der Waals surface area (Å²) < 4.78 is 22.7. The third-order valence-electron chi connectivity index (χ3n) is 11.9. The van der Waals surface area contributed by atoms with Gasteiger partial charge in [-0.3, -0.25) is 14.4 Å².